The number of carbonyl (C=O) groups is 3. The molecule has 4 rings (SSSR count). The molecule has 3 amide bonds. The molecule has 2 heterocycles. The van der Waals surface area contributed by atoms with Crippen molar-refractivity contribution in [2.45, 2.75) is 50.6 Å². The van der Waals surface area contributed by atoms with Gasteiger partial charge in [-0.15, -0.1) is 0 Å². The van der Waals surface area contributed by atoms with Crippen LogP contribution in [0.1, 0.15) is 49.3 Å². The Kier molecular flexibility index (Phi) is 7.83. The van der Waals surface area contributed by atoms with E-state index in [1.165, 1.54) is 0 Å². The van der Waals surface area contributed by atoms with Crippen molar-refractivity contribution in [2.24, 2.45) is 0 Å². The molecule has 1 unspecified atom stereocenters. The largest absolute Gasteiger partial charge is 0.496 e. The Morgan fingerprint density at radius 2 is 1.71 bits per heavy atom. The number of likely N-dealkylation sites (tertiary alicyclic amines) is 2. The highest BCUT2D eigenvalue weighted by atomic mass is 16.5. The van der Waals surface area contributed by atoms with Gasteiger partial charge in [-0.3, -0.25) is 14.4 Å². The summed E-state index contributed by atoms with van der Waals surface area (Å²) in [6.07, 6.45) is 3.96. The van der Waals surface area contributed by atoms with Crippen molar-refractivity contribution >= 4 is 17.7 Å². The SMILES string of the molecule is COc1ccccc1CC(=O)N1CCC(NC(=O)C(c2ccccc2)N2CCCCC2=O)CC1. The molecular formula is C27H33N3O4. The van der Waals surface area contributed by atoms with Crippen LogP contribution in [-0.4, -0.2) is 60.3 Å². The number of nitrogens with zero attached hydrogens (tertiary/aromatic N) is 2. The summed E-state index contributed by atoms with van der Waals surface area (Å²) in [6.45, 7) is 1.79. The van der Waals surface area contributed by atoms with E-state index in [0.29, 0.717) is 45.3 Å². The fourth-order valence-electron chi connectivity index (χ4n) is 4.89. The third-order valence-corrected chi connectivity index (χ3v) is 6.76. The van der Waals surface area contributed by atoms with Gasteiger partial charge < -0.3 is 19.9 Å². The van der Waals surface area contributed by atoms with Crippen LogP contribution in [0.5, 0.6) is 5.75 Å². The molecule has 0 spiro atoms. The Hall–Kier alpha value is -3.35. The summed E-state index contributed by atoms with van der Waals surface area (Å²) in [4.78, 5) is 42.4. The molecule has 2 fully saturated rings. The van der Waals surface area contributed by atoms with Crippen LogP contribution in [0.25, 0.3) is 0 Å². The second kappa shape index (κ2) is 11.2. The van der Waals surface area contributed by atoms with Crippen LogP contribution in [0.3, 0.4) is 0 Å². The monoisotopic (exact) mass is 463 g/mol. The van der Waals surface area contributed by atoms with E-state index in [1.54, 1.807) is 12.0 Å². The number of nitrogens with one attached hydrogen (secondary N) is 1. The Morgan fingerprint density at radius 1 is 1.00 bits per heavy atom. The van der Waals surface area contributed by atoms with E-state index in [-0.39, 0.29) is 23.8 Å². The van der Waals surface area contributed by atoms with Gasteiger partial charge >= 0.3 is 0 Å². The summed E-state index contributed by atoms with van der Waals surface area (Å²) in [5, 5.41) is 3.17. The molecule has 0 bridgehead atoms. The minimum Gasteiger partial charge on any atom is -0.496 e. The van der Waals surface area contributed by atoms with Crippen molar-refractivity contribution in [2.75, 3.05) is 26.7 Å². The average molecular weight is 464 g/mol. The maximum Gasteiger partial charge on any atom is 0.247 e. The molecular weight excluding hydrogens is 430 g/mol. The van der Waals surface area contributed by atoms with Crippen molar-refractivity contribution < 1.29 is 19.1 Å². The number of ether oxygens (including phenoxy) is 1. The first-order valence-corrected chi connectivity index (χ1v) is 12.1. The Morgan fingerprint density at radius 3 is 2.41 bits per heavy atom. The highest BCUT2D eigenvalue weighted by Crippen LogP contribution is 2.27. The molecule has 2 aromatic rings. The number of hydrogen-bond acceptors (Lipinski definition) is 4. The fraction of sp³-hybridized carbons (Fsp3) is 0.444. The molecule has 180 valence electrons. The lowest BCUT2D eigenvalue weighted by Crippen LogP contribution is -2.51. The summed E-state index contributed by atoms with van der Waals surface area (Å²) in [5.74, 6) is 0.680. The number of carbonyl (C=O) groups excluding carboxylic acids is 3. The molecule has 1 atom stereocenters. The van der Waals surface area contributed by atoms with E-state index in [0.717, 1.165) is 29.7 Å². The normalized spacial score (nSPS) is 17.9. The summed E-state index contributed by atoms with van der Waals surface area (Å²) in [5.41, 5.74) is 1.71. The smallest absolute Gasteiger partial charge is 0.247 e. The lowest BCUT2D eigenvalue weighted by atomic mass is 9.98. The number of rotatable bonds is 7. The summed E-state index contributed by atoms with van der Waals surface area (Å²) in [6, 6.07) is 16.5. The molecule has 0 aromatic heterocycles. The van der Waals surface area contributed by atoms with Crippen LogP contribution in [0.15, 0.2) is 54.6 Å². The number of amides is 3. The van der Waals surface area contributed by atoms with E-state index < -0.39 is 6.04 Å². The molecule has 34 heavy (non-hydrogen) atoms. The van der Waals surface area contributed by atoms with Crippen molar-refractivity contribution in [1.29, 1.82) is 0 Å². The number of piperidine rings is 2. The third-order valence-electron chi connectivity index (χ3n) is 6.76. The van der Waals surface area contributed by atoms with Gasteiger partial charge in [0.25, 0.3) is 0 Å². The van der Waals surface area contributed by atoms with Gasteiger partial charge in [0.1, 0.15) is 11.8 Å². The van der Waals surface area contributed by atoms with Crippen molar-refractivity contribution in [3.63, 3.8) is 0 Å². The number of methoxy groups -OCH3 is 1. The highest BCUT2D eigenvalue weighted by molar-refractivity contribution is 5.89. The molecule has 7 heteroatoms. The van der Waals surface area contributed by atoms with E-state index in [2.05, 4.69) is 5.32 Å². The van der Waals surface area contributed by atoms with Gasteiger partial charge in [-0.05, 0) is 37.3 Å². The predicted molar refractivity (Wildman–Crippen MR) is 129 cm³/mol. The van der Waals surface area contributed by atoms with E-state index >= 15 is 0 Å². The van der Waals surface area contributed by atoms with Crippen LogP contribution < -0.4 is 10.1 Å². The summed E-state index contributed by atoms with van der Waals surface area (Å²) in [7, 11) is 1.61. The van der Waals surface area contributed by atoms with Gasteiger partial charge in [0.05, 0.1) is 13.5 Å². The van der Waals surface area contributed by atoms with E-state index in [9.17, 15) is 14.4 Å². The summed E-state index contributed by atoms with van der Waals surface area (Å²) < 4.78 is 5.36. The lowest BCUT2D eigenvalue weighted by Gasteiger charge is -2.37. The average Bonchev–Trinajstić information content (AvgIpc) is 2.87. The first-order valence-electron chi connectivity index (χ1n) is 12.1. The minimum atomic E-state index is -0.612. The van der Waals surface area contributed by atoms with Crippen molar-refractivity contribution in [1.82, 2.24) is 15.1 Å². The van der Waals surface area contributed by atoms with Gasteiger partial charge in [-0.1, -0.05) is 48.5 Å². The number of para-hydroxylation sites is 1. The molecule has 2 saturated heterocycles. The maximum atomic E-state index is 13.4. The second-order valence-electron chi connectivity index (χ2n) is 9.01. The second-order valence-corrected chi connectivity index (χ2v) is 9.01. The predicted octanol–water partition coefficient (Wildman–Crippen LogP) is 3.10. The van der Waals surface area contributed by atoms with Crippen molar-refractivity contribution in [3.05, 3.63) is 65.7 Å². The first-order chi connectivity index (χ1) is 16.6. The molecule has 2 aromatic carbocycles. The molecule has 7 nitrogen and oxygen atoms in total. The summed E-state index contributed by atoms with van der Waals surface area (Å²) >= 11 is 0. The topological polar surface area (TPSA) is 79.0 Å². The third kappa shape index (κ3) is 5.58. The zero-order valence-electron chi connectivity index (χ0n) is 19.7. The number of benzene rings is 2. The minimum absolute atomic E-state index is 0.0195. The Labute approximate surface area is 201 Å². The highest BCUT2D eigenvalue weighted by Gasteiger charge is 2.34. The first kappa shape index (κ1) is 23.8. The standard InChI is InChI=1S/C27H33N3O4/c1-34-23-12-6-5-11-21(23)19-25(32)29-17-14-22(15-18-29)28-27(33)26(20-9-3-2-4-10-20)30-16-8-7-13-24(30)31/h2-6,9-12,22,26H,7-8,13-19H2,1H3,(H,28,33). The molecule has 0 aliphatic carbocycles. The van der Waals surface area contributed by atoms with Crippen LogP contribution in [0.2, 0.25) is 0 Å². The fourth-order valence-corrected chi connectivity index (χ4v) is 4.89. The molecule has 0 radical (unpaired) electrons. The molecule has 1 N–H and O–H groups in total. The Bertz CT molecular complexity index is 1000. The quantitative estimate of drug-likeness (QED) is 0.685. The van der Waals surface area contributed by atoms with Gasteiger partial charge in [0.2, 0.25) is 17.7 Å². The Balaban J connectivity index is 1.36. The van der Waals surface area contributed by atoms with Crippen LogP contribution in [0, 0.1) is 0 Å². The maximum absolute atomic E-state index is 13.4. The van der Waals surface area contributed by atoms with Gasteiger partial charge in [-0.2, -0.15) is 0 Å². The van der Waals surface area contributed by atoms with Gasteiger partial charge in [0.15, 0.2) is 0 Å². The van der Waals surface area contributed by atoms with Crippen LogP contribution in [-0.2, 0) is 20.8 Å². The zero-order chi connectivity index (χ0) is 23.9. The van der Waals surface area contributed by atoms with Gasteiger partial charge in [-0.25, -0.2) is 0 Å². The van der Waals surface area contributed by atoms with Crippen molar-refractivity contribution in [3.8, 4) is 5.75 Å². The zero-order valence-corrected chi connectivity index (χ0v) is 19.7. The molecule has 0 saturated carbocycles. The van der Waals surface area contributed by atoms with Gasteiger partial charge in [0, 0.05) is 37.7 Å². The van der Waals surface area contributed by atoms with Crippen LogP contribution in [0.4, 0.5) is 0 Å². The molecule has 2 aliphatic heterocycles. The van der Waals surface area contributed by atoms with E-state index in [1.807, 2.05) is 59.5 Å². The number of hydrogen-bond donors (Lipinski definition) is 1. The van der Waals surface area contributed by atoms with Crippen LogP contribution >= 0.6 is 0 Å². The van der Waals surface area contributed by atoms with E-state index in [4.69, 9.17) is 4.74 Å². The lowest BCUT2D eigenvalue weighted by molar-refractivity contribution is -0.143. The molecule has 2 aliphatic rings.